The van der Waals surface area contributed by atoms with Crippen molar-refractivity contribution in [1.82, 2.24) is 5.32 Å². The molecule has 0 radical (unpaired) electrons. The Labute approximate surface area is 146 Å². The maximum Gasteiger partial charge on any atom is 0.0140 e. The van der Waals surface area contributed by atoms with Crippen LogP contribution in [-0.2, 0) is 0 Å². The molecule has 0 saturated heterocycles. The molecule has 2 fully saturated rings. The van der Waals surface area contributed by atoms with E-state index >= 15 is 0 Å². The lowest BCUT2D eigenvalue weighted by Gasteiger charge is -2.32. The second-order valence-electron chi connectivity index (χ2n) is 6.44. The Balaban J connectivity index is 0.00000121. The zero-order valence-electron chi connectivity index (χ0n) is 13.2. The third-order valence-electron chi connectivity index (χ3n) is 4.77. The summed E-state index contributed by atoms with van der Waals surface area (Å²) in [5.74, 6) is 1.59. The van der Waals surface area contributed by atoms with Crippen molar-refractivity contribution in [3.8, 4) is 0 Å². The van der Waals surface area contributed by atoms with E-state index in [9.17, 15) is 0 Å². The largest absolute Gasteiger partial charge is 0.328 e. The van der Waals surface area contributed by atoms with E-state index in [0.29, 0.717) is 12.1 Å². The van der Waals surface area contributed by atoms with E-state index in [4.69, 9.17) is 5.73 Å². The third-order valence-corrected chi connectivity index (χ3v) is 4.77. The van der Waals surface area contributed by atoms with E-state index in [0.717, 1.165) is 24.8 Å². The monoisotopic (exact) mass is 342 g/mol. The molecule has 22 heavy (non-hydrogen) atoms. The van der Waals surface area contributed by atoms with Crippen LogP contribution in [0.25, 0.3) is 6.08 Å². The maximum absolute atomic E-state index is 5.84. The minimum atomic E-state index is 0. The summed E-state index contributed by atoms with van der Waals surface area (Å²) in [6.07, 6.45) is 7.28. The van der Waals surface area contributed by atoms with Crippen molar-refractivity contribution >= 4 is 30.9 Å². The summed E-state index contributed by atoms with van der Waals surface area (Å²) in [6.45, 7) is 3.44. The molecule has 124 valence electrons. The quantitative estimate of drug-likeness (QED) is 0.818. The second-order valence-corrected chi connectivity index (χ2v) is 6.44. The molecular weight excluding hydrogens is 315 g/mol. The van der Waals surface area contributed by atoms with Gasteiger partial charge in [-0.15, -0.1) is 24.8 Å². The first-order chi connectivity index (χ1) is 9.76. The summed E-state index contributed by atoms with van der Waals surface area (Å²) in [6, 6.07) is 11.9. The fourth-order valence-corrected chi connectivity index (χ4v) is 3.34. The van der Waals surface area contributed by atoms with Crippen LogP contribution in [0.4, 0.5) is 0 Å². The molecule has 2 atom stereocenters. The number of nitrogens with two attached hydrogens (primary N) is 1. The summed E-state index contributed by atoms with van der Waals surface area (Å²) < 4.78 is 0. The van der Waals surface area contributed by atoms with Crippen LogP contribution in [-0.4, -0.2) is 18.6 Å². The number of hydrogen-bond acceptors (Lipinski definition) is 2. The Morgan fingerprint density at radius 1 is 1.18 bits per heavy atom. The molecule has 0 aliphatic heterocycles. The third kappa shape index (κ3) is 4.99. The van der Waals surface area contributed by atoms with Crippen molar-refractivity contribution in [3.63, 3.8) is 0 Å². The maximum atomic E-state index is 5.84. The first-order valence-corrected chi connectivity index (χ1v) is 8.00. The van der Waals surface area contributed by atoms with Crippen LogP contribution in [0.2, 0.25) is 0 Å². The standard InChI is InChI=1S/C18H26N2.2ClH/c1-2-15(8-13-6-4-3-5-7-13)17-11-18(17)20-12-14-9-16(19)10-14;;/h3-8,14,16-18,20H,2,9-12,19H2,1H3;2*1H/t14?,16?,17?,18-;;/m0../s1. The van der Waals surface area contributed by atoms with Gasteiger partial charge < -0.3 is 11.1 Å². The van der Waals surface area contributed by atoms with Gasteiger partial charge in [0, 0.05) is 12.1 Å². The van der Waals surface area contributed by atoms with Crippen molar-refractivity contribution in [2.45, 2.75) is 44.7 Å². The first kappa shape index (κ1) is 19.5. The molecule has 1 aromatic carbocycles. The van der Waals surface area contributed by atoms with Crippen molar-refractivity contribution in [2.24, 2.45) is 17.6 Å². The van der Waals surface area contributed by atoms with Gasteiger partial charge in [0.2, 0.25) is 0 Å². The van der Waals surface area contributed by atoms with Crippen molar-refractivity contribution in [2.75, 3.05) is 6.54 Å². The highest BCUT2D eigenvalue weighted by Gasteiger charge is 2.39. The van der Waals surface area contributed by atoms with Gasteiger partial charge in [0.05, 0.1) is 0 Å². The smallest absolute Gasteiger partial charge is 0.0140 e. The Morgan fingerprint density at radius 2 is 1.86 bits per heavy atom. The lowest BCUT2D eigenvalue weighted by Crippen LogP contribution is -2.42. The highest BCUT2D eigenvalue weighted by Crippen LogP contribution is 2.40. The number of rotatable bonds is 6. The molecule has 2 nitrogen and oxygen atoms in total. The Bertz CT molecular complexity index is 469. The molecule has 0 amide bonds. The van der Waals surface area contributed by atoms with E-state index in [2.05, 4.69) is 48.6 Å². The van der Waals surface area contributed by atoms with Crippen LogP contribution in [0, 0.1) is 11.8 Å². The molecule has 0 bridgehead atoms. The zero-order valence-corrected chi connectivity index (χ0v) is 14.8. The SMILES string of the molecule is CCC(=Cc1ccccc1)C1C[C@@H]1NCC1CC(N)C1.Cl.Cl. The van der Waals surface area contributed by atoms with Gasteiger partial charge in [0.25, 0.3) is 0 Å². The molecule has 2 saturated carbocycles. The van der Waals surface area contributed by atoms with Gasteiger partial charge in [0.1, 0.15) is 0 Å². The molecule has 1 unspecified atom stereocenters. The van der Waals surface area contributed by atoms with E-state index in [1.54, 1.807) is 5.57 Å². The lowest BCUT2D eigenvalue weighted by molar-refractivity contribution is 0.255. The predicted octanol–water partition coefficient (Wildman–Crippen LogP) is 4.04. The van der Waals surface area contributed by atoms with Gasteiger partial charge in [-0.25, -0.2) is 0 Å². The number of hydrogen-bond donors (Lipinski definition) is 2. The van der Waals surface area contributed by atoms with E-state index in [-0.39, 0.29) is 24.8 Å². The normalized spacial score (nSPS) is 29.8. The molecule has 2 aliphatic carbocycles. The lowest BCUT2D eigenvalue weighted by atomic mass is 9.81. The molecule has 0 aromatic heterocycles. The molecule has 4 heteroatoms. The summed E-state index contributed by atoms with van der Waals surface area (Å²) in [5.41, 5.74) is 8.77. The highest BCUT2D eigenvalue weighted by molar-refractivity contribution is 5.85. The van der Waals surface area contributed by atoms with Crippen LogP contribution in [0.15, 0.2) is 35.9 Å². The molecule has 0 heterocycles. The van der Waals surface area contributed by atoms with Crippen LogP contribution in [0.1, 0.15) is 38.2 Å². The van der Waals surface area contributed by atoms with Crippen LogP contribution >= 0.6 is 24.8 Å². The minimum absolute atomic E-state index is 0. The van der Waals surface area contributed by atoms with Crippen LogP contribution in [0.3, 0.4) is 0 Å². The predicted molar refractivity (Wildman–Crippen MR) is 99.8 cm³/mol. The fourth-order valence-electron chi connectivity index (χ4n) is 3.34. The van der Waals surface area contributed by atoms with E-state index < -0.39 is 0 Å². The number of benzene rings is 1. The zero-order chi connectivity index (χ0) is 13.9. The van der Waals surface area contributed by atoms with Gasteiger partial charge in [-0.3, -0.25) is 0 Å². The number of halogens is 2. The Hall–Kier alpha value is -0.540. The summed E-state index contributed by atoms with van der Waals surface area (Å²) in [5, 5.41) is 3.73. The van der Waals surface area contributed by atoms with Crippen molar-refractivity contribution in [1.29, 1.82) is 0 Å². The molecule has 0 spiro atoms. The summed E-state index contributed by atoms with van der Waals surface area (Å²) >= 11 is 0. The molecule has 3 rings (SSSR count). The van der Waals surface area contributed by atoms with Crippen LogP contribution < -0.4 is 11.1 Å². The number of nitrogens with one attached hydrogen (secondary N) is 1. The van der Waals surface area contributed by atoms with Gasteiger partial charge in [-0.05, 0) is 49.6 Å². The topological polar surface area (TPSA) is 38.0 Å². The molecule has 2 aliphatic rings. The van der Waals surface area contributed by atoms with Gasteiger partial charge in [0.15, 0.2) is 0 Å². The van der Waals surface area contributed by atoms with E-state index in [1.807, 2.05) is 0 Å². The van der Waals surface area contributed by atoms with Crippen LogP contribution in [0.5, 0.6) is 0 Å². The average molecular weight is 343 g/mol. The highest BCUT2D eigenvalue weighted by atomic mass is 35.5. The first-order valence-electron chi connectivity index (χ1n) is 8.00. The molecule has 3 N–H and O–H groups in total. The average Bonchev–Trinajstić information content (AvgIpc) is 3.20. The second kappa shape index (κ2) is 8.93. The summed E-state index contributed by atoms with van der Waals surface area (Å²) in [7, 11) is 0. The van der Waals surface area contributed by atoms with Crippen molar-refractivity contribution in [3.05, 3.63) is 41.5 Å². The Morgan fingerprint density at radius 3 is 2.45 bits per heavy atom. The summed E-state index contributed by atoms with van der Waals surface area (Å²) in [4.78, 5) is 0. The van der Waals surface area contributed by atoms with Crippen molar-refractivity contribution < 1.29 is 0 Å². The van der Waals surface area contributed by atoms with Gasteiger partial charge in [-0.2, -0.15) is 0 Å². The van der Waals surface area contributed by atoms with E-state index in [1.165, 1.54) is 24.8 Å². The Kier molecular flexibility index (Phi) is 7.92. The van der Waals surface area contributed by atoms with Gasteiger partial charge in [-0.1, -0.05) is 48.9 Å². The molecule has 1 aromatic rings. The van der Waals surface area contributed by atoms with Gasteiger partial charge >= 0.3 is 0 Å². The fraction of sp³-hybridized carbons (Fsp3) is 0.556. The minimum Gasteiger partial charge on any atom is -0.328 e. The molecular formula is C18H28Cl2N2.